The van der Waals surface area contributed by atoms with E-state index in [1.807, 2.05) is 13.8 Å². The number of aliphatic hydroxyl groups excluding tert-OH is 1. The fraction of sp³-hybridized carbons (Fsp3) is 0.462. The van der Waals surface area contributed by atoms with E-state index in [-0.39, 0.29) is 29.4 Å². The van der Waals surface area contributed by atoms with Gasteiger partial charge in [0.2, 0.25) is 0 Å². The van der Waals surface area contributed by atoms with E-state index in [4.69, 9.17) is 9.84 Å². The molecule has 0 aliphatic rings. The molecule has 0 saturated carbocycles. The van der Waals surface area contributed by atoms with Gasteiger partial charge in [0.15, 0.2) is 11.5 Å². The second kappa shape index (κ2) is 5.73. The molecule has 1 rings (SSSR count). The Morgan fingerprint density at radius 1 is 1.44 bits per heavy atom. The molecule has 0 radical (unpaired) electrons. The molecule has 0 fully saturated rings. The van der Waals surface area contributed by atoms with Crippen LogP contribution in [0.25, 0.3) is 0 Å². The summed E-state index contributed by atoms with van der Waals surface area (Å²) in [6, 6.07) is 4.39. The molecule has 0 saturated heterocycles. The van der Waals surface area contributed by atoms with Crippen LogP contribution in [-0.4, -0.2) is 36.4 Å². The smallest absolute Gasteiger partial charge is 0.251 e. The Kier molecular flexibility index (Phi) is 4.55. The van der Waals surface area contributed by atoms with E-state index in [0.717, 1.165) is 0 Å². The number of aliphatic hydroxyl groups is 1. The summed E-state index contributed by atoms with van der Waals surface area (Å²) in [7, 11) is 1.42. The fourth-order valence-electron chi connectivity index (χ4n) is 1.30. The summed E-state index contributed by atoms with van der Waals surface area (Å²) in [5.74, 6) is -0.0244. The monoisotopic (exact) mass is 253 g/mol. The maximum atomic E-state index is 11.9. The van der Waals surface area contributed by atoms with Crippen LogP contribution in [0, 0.1) is 5.41 Å². The highest BCUT2D eigenvalue weighted by molar-refractivity contribution is 5.94. The summed E-state index contributed by atoms with van der Waals surface area (Å²) >= 11 is 0. The second-order valence-corrected chi connectivity index (χ2v) is 4.89. The molecule has 0 aliphatic heterocycles. The molecule has 1 aromatic carbocycles. The highest BCUT2D eigenvalue weighted by Crippen LogP contribution is 2.26. The third kappa shape index (κ3) is 3.63. The van der Waals surface area contributed by atoms with Crippen molar-refractivity contribution in [2.24, 2.45) is 5.41 Å². The first kappa shape index (κ1) is 14.3. The van der Waals surface area contributed by atoms with Gasteiger partial charge in [0.05, 0.1) is 7.11 Å². The first-order valence-electron chi connectivity index (χ1n) is 5.66. The number of aromatic hydroxyl groups is 1. The minimum Gasteiger partial charge on any atom is -0.504 e. The number of ether oxygens (including phenoxy) is 1. The summed E-state index contributed by atoms with van der Waals surface area (Å²) in [5, 5.41) is 21.2. The van der Waals surface area contributed by atoms with E-state index in [0.29, 0.717) is 12.1 Å². The number of hydrogen-bond acceptors (Lipinski definition) is 4. The molecule has 5 nitrogen and oxygen atoms in total. The number of carbonyl (C=O) groups excluding carboxylic acids is 1. The maximum absolute atomic E-state index is 11.9. The third-order valence-corrected chi connectivity index (χ3v) is 2.60. The molecule has 0 heterocycles. The molecule has 5 heteroatoms. The Balaban J connectivity index is 2.73. The average molecular weight is 253 g/mol. The van der Waals surface area contributed by atoms with Crippen molar-refractivity contribution in [1.29, 1.82) is 0 Å². The summed E-state index contributed by atoms with van der Waals surface area (Å²) in [5.41, 5.74) is 0.0369. The molecular weight excluding hydrogens is 234 g/mol. The molecule has 18 heavy (non-hydrogen) atoms. The van der Waals surface area contributed by atoms with Crippen molar-refractivity contribution in [3.63, 3.8) is 0 Å². The van der Waals surface area contributed by atoms with Gasteiger partial charge < -0.3 is 20.3 Å². The lowest BCUT2D eigenvalue weighted by Gasteiger charge is -2.21. The normalized spacial score (nSPS) is 11.1. The predicted molar refractivity (Wildman–Crippen MR) is 67.9 cm³/mol. The topological polar surface area (TPSA) is 78.8 Å². The van der Waals surface area contributed by atoms with E-state index in [1.54, 1.807) is 0 Å². The van der Waals surface area contributed by atoms with Crippen molar-refractivity contribution in [3.8, 4) is 11.5 Å². The third-order valence-electron chi connectivity index (χ3n) is 2.60. The van der Waals surface area contributed by atoms with Gasteiger partial charge in [-0.05, 0) is 18.2 Å². The van der Waals surface area contributed by atoms with Gasteiger partial charge in [-0.2, -0.15) is 0 Å². The molecule has 0 spiro atoms. The first-order chi connectivity index (χ1) is 8.39. The summed E-state index contributed by atoms with van der Waals surface area (Å²) in [6.45, 7) is 4.06. The zero-order chi connectivity index (χ0) is 13.8. The van der Waals surface area contributed by atoms with Gasteiger partial charge in [0.1, 0.15) is 0 Å². The number of amides is 1. The number of hydrogen-bond donors (Lipinski definition) is 3. The molecule has 0 unspecified atom stereocenters. The lowest BCUT2D eigenvalue weighted by atomic mass is 9.95. The maximum Gasteiger partial charge on any atom is 0.251 e. The van der Waals surface area contributed by atoms with E-state index in [9.17, 15) is 9.90 Å². The van der Waals surface area contributed by atoms with Crippen LogP contribution in [0.3, 0.4) is 0 Å². The minimum atomic E-state index is -0.364. The largest absolute Gasteiger partial charge is 0.504 e. The number of carbonyl (C=O) groups is 1. The highest BCUT2D eigenvalue weighted by atomic mass is 16.5. The number of nitrogens with one attached hydrogen (secondary N) is 1. The van der Waals surface area contributed by atoms with Crippen LogP contribution in [0.15, 0.2) is 18.2 Å². The van der Waals surface area contributed by atoms with Gasteiger partial charge in [-0.15, -0.1) is 0 Å². The Morgan fingerprint density at radius 2 is 2.11 bits per heavy atom. The van der Waals surface area contributed by atoms with Crippen LogP contribution in [0.4, 0.5) is 0 Å². The lowest BCUT2D eigenvalue weighted by molar-refractivity contribution is 0.0910. The Labute approximate surface area is 106 Å². The van der Waals surface area contributed by atoms with Crippen molar-refractivity contribution in [2.75, 3.05) is 20.3 Å². The van der Waals surface area contributed by atoms with Gasteiger partial charge >= 0.3 is 0 Å². The number of methoxy groups -OCH3 is 1. The average Bonchev–Trinajstić information content (AvgIpc) is 2.36. The molecule has 100 valence electrons. The summed E-state index contributed by atoms with van der Waals surface area (Å²) in [4.78, 5) is 11.9. The number of rotatable bonds is 5. The second-order valence-electron chi connectivity index (χ2n) is 4.89. The molecule has 1 aromatic rings. The molecular formula is C13H19NO4. The van der Waals surface area contributed by atoms with Crippen LogP contribution >= 0.6 is 0 Å². The van der Waals surface area contributed by atoms with Gasteiger partial charge in [-0.3, -0.25) is 4.79 Å². The van der Waals surface area contributed by atoms with Crippen molar-refractivity contribution < 1.29 is 19.7 Å². The van der Waals surface area contributed by atoms with E-state index >= 15 is 0 Å². The minimum absolute atomic E-state index is 0.00776. The lowest BCUT2D eigenvalue weighted by Crippen LogP contribution is -2.36. The van der Waals surface area contributed by atoms with Crippen LogP contribution in [-0.2, 0) is 0 Å². The number of phenolic OH excluding ortho intramolecular Hbond substituents is 1. The van der Waals surface area contributed by atoms with Gasteiger partial charge in [0, 0.05) is 24.1 Å². The van der Waals surface area contributed by atoms with Crippen LogP contribution < -0.4 is 10.1 Å². The van der Waals surface area contributed by atoms with Crippen LogP contribution in [0.2, 0.25) is 0 Å². The standard InChI is InChI=1S/C13H19NO4/c1-13(2,8-15)7-14-12(17)9-4-5-10(16)11(6-9)18-3/h4-6,15-16H,7-8H2,1-3H3,(H,14,17). The van der Waals surface area contributed by atoms with E-state index < -0.39 is 0 Å². The van der Waals surface area contributed by atoms with Gasteiger partial charge in [-0.1, -0.05) is 13.8 Å². The Bertz CT molecular complexity index is 429. The van der Waals surface area contributed by atoms with Crippen molar-refractivity contribution in [1.82, 2.24) is 5.32 Å². The van der Waals surface area contributed by atoms with Crippen molar-refractivity contribution >= 4 is 5.91 Å². The summed E-state index contributed by atoms with van der Waals surface area (Å²) < 4.78 is 4.93. The van der Waals surface area contributed by atoms with Crippen LogP contribution in [0.5, 0.6) is 11.5 Å². The van der Waals surface area contributed by atoms with Crippen LogP contribution in [0.1, 0.15) is 24.2 Å². The number of benzene rings is 1. The molecule has 0 atom stereocenters. The summed E-state index contributed by atoms with van der Waals surface area (Å²) in [6.07, 6.45) is 0. The molecule has 0 bridgehead atoms. The Morgan fingerprint density at radius 3 is 2.67 bits per heavy atom. The Hall–Kier alpha value is -1.75. The molecule has 3 N–H and O–H groups in total. The number of phenols is 1. The van der Waals surface area contributed by atoms with Crippen molar-refractivity contribution in [3.05, 3.63) is 23.8 Å². The van der Waals surface area contributed by atoms with Gasteiger partial charge in [0.25, 0.3) is 5.91 Å². The predicted octanol–water partition coefficient (Wildman–Crippen LogP) is 1.15. The molecule has 1 amide bonds. The fourth-order valence-corrected chi connectivity index (χ4v) is 1.30. The zero-order valence-electron chi connectivity index (χ0n) is 10.9. The van der Waals surface area contributed by atoms with Gasteiger partial charge in [-0.25, -0.2) is 0 Å². The van der Waals surface area contributed by atoms with E-state index in [1.165, 1.54) is 25.3 Å². The molecule has 0 aliphatic carbocycles. The molecule has 0 aromatic heterocycles. The highest BCUT2D eigenvalue weighted by Gasteiger charge is 2.18. The van der Waals surface area contributed by atoms with Crippen molar-refractivity contribution in [2.45, 2.75) is 13.8 Å². The SMILES string of the molecule is COc1cc(C(=O)NCC(C)(C)CO)ccc1O. The first-order valence-corrected chi connectivity index (χ1v) is 5.66. The van der Waals surface area contributed by atoms with E-state index in [2.05, 4.69) is 5.32 Å². The zero-order valence-corrected chi connectivity index (χ0v) is 10.9. The quantitative estimate of drug-likeness (QED) is 0.735.